The van der Waals surface area contributed by atoms with Crippen LogP contribution in [0.5, 0.6) is 0 Å². The monoisotopic (exact) mass is 389 g/mol. The molecule has 4 rings (SSSR count). The van der Waals surface area contributed by atoms with E-state index in [0.29, 0.717) is 24.1 Å². The molecule has 0 saturated carbocycles. The van der Waals surface area contributed by atoms with E-state index in [1.165, 1.54) is 36.2 Å². The van der Waals surface area contributed by atoms with Crippen molar-refractivity contribution in [1.82, 2.24) is 15.5 Å². The van der Waals surface area contributed by atoms with Gasteiger partial charge in [0.1, 0.15) is 11.4 Å². The minimum atomic E-state index is -3.04. The van der Waals surface area contributed by atoms with Gasteiger partial charge in [-0.15, -0.1) is 0 Å². The minimum Gasteiger partial charge on any atom is -0.341 e. The van der Waals surface area contributed by atoms with E-state index in [1.807, 2.05) is 18.2 Å². The number of hydrogen-bond donors (Lipinski definition) is 2. The third-order valence-corrected chi connectivity index (χ3v) is 5.93. The first-order valence-electron chi connectivity index (χ1n) is 9.33. The fourth-order valence-electron chi connectivity index (χ4n) is 4.76. The molecule has 1 fully saturated rings. The van der Waals surface area contributed by atoms with E-state index in [9.17, 15) is 9.18 Å². The number of amides is 2. The lowest BCUT2D eigenvalue weighted by molar-refractivity contribution is -0.0766. The Labute approximate surface area is 161 Å². The summed E-state index contributed by atoms with van der Waals surface area (Å²) >= 11 is 0. The van der Waals surface area contributed by atoms with Gasteiger partial charge < -0.3 is 15.5 Å². The summed E-state index contributed by atoms with van der Waals surface area (Å²) in [6.07, 6.45) is 0.568. The number of nitrogens with one attached hydrogen (secondary N) is 2. The fourth-order valence-corrected chi connectivity index (χ4v) is 4.76. The predicted octanol–water partition coefficient (Wildman–Crippen LogP) is 3.12. The first-order chi connectivity index (χ1) is 13.4. The van der Waals surface area contributed by atoms with E-state index >= 15 is 8.78 Å². The molecule has 148 valence electrons. The molecular formula is C21H22F3N3O. The average molecular weight is 389 g/mol. The van der Waals surface area contributed by atoms with Crippen molar-refractivity contribution in [1.29, 1.82) is 0 Å². The van der Waals surface area contributed by atoms with Crippen molar-refractivity contribution in [3.05, 3.63) is 71.0 Å². The SMILES string of the molecule is CNC(=O)N1CCc2ccccc2C1(c1ccc(F)cc1)[C@H]1CNCC1(F)F. The molecule has 28 heavy (non-hydrogen) atoms. The second kappa shape index (κ2) is 6.81. The molecule has 0 spiro atoms. The Balaban J connectivity index is 2.06. The van der Waals surface area contributed by atoms with Gasteiger partial charge in [-0.2, -0.15) is 0 Å². The summed E-state index contributed by atoms with van der Waals surface area (Å²) in [5.41, 5.74) is 0.674. The molecule has 2 aromatic rings. The van der Waals surface area contributed by atoms with Crippen LogP contribution >= 0.6 is 0 Å². The lowest BCUT2D eigenvalue weighted by Gasteiger charge is -2.52. The highest BCUT2D eigenvalue weighted by Gasteiger charge is 2.61. The number of carbonyl (C=O) groups excluding carboxylic acids is 1. The number of hydrogen-bond acceptors (Lipinski definition) is 2. The normalized spacial score (nSPS) is 26.0. The van der Waals surface area contributed by atoms with Crippen LogP contribution in [-0.2, 0) is 12.0 Å². The number of nitrogens with zero attached hydrogens (tertiary/aromatic N) is 1. The van der Waals surface area contributed by atoms with E-state index < -0.39 is 35.8 Å². The van der Waals surface area contributed by atoms with Crippen LogP contribution in [0.4, 0.5) is 18.0 Å². The Morgan fingerprint density at radius 3 is 2.54 bits per heavy atom. The number of alkyl halides is 2. The molecule has 2 N–H and O–H groups in total. The Morgan fingerprint density at radius 1 is 1.18 bits per heavy atom. The number of urea groups is 1. The molecule has 2 heterocycles. The molecule has 0 radical (unpaired) electrons. The molecule has 2 aliphatic heterocycles. The number of benzene rings is 2. The Kier molecular flexibility index (Phi) is 4.57. The maximum absolute atomic E-state index is 15.1. The van der Waals surface area contributed by atoms with Crippen molar-refractivity contribution in [3.63, 3.8) is 0 Å². The molecule has 2 amide bonds. The van der Waals surface area contributed by atoms with E-state index in [-0.39, 0.29) is 6.54 Å². The molecule has 1 unspecified atom stereocenters. The zero-order chi connectivity index (χ0) is 19.9. The van der Waals surface area contributed by atoms with Crippen LogP contribution in [0.2, 0.25) is 0 Å². The summed E-state index contributed by atoms with van der Waals surface area (Å²) in [6.45, 7) is -0.114. The lowest BCUT2D eigenvalue weighted by Crippen LogP contribution is -2.63. The van der Waals surface area contributed by atoms with Gasteiger partial charge in [-0.25, -0.2) is 18.0 Å². The van der Waals surface area contributed by atoms with Crippen LogP contribution in [0.1, 0.15) is 16.7 Å². The number of rotatable bonds is 2. The average Bonchev–Trinajstić information content (AvgIpc) is 3.06. The van der Waals surface area contributed by atoms with E-state index in [4.69, 9.17) is 0 Å². The van der Waals surface area contributed by atoms with Crippen LogP contribution in [0, 0.1) is 11.7 Å². The number of fused-ring (bicyclic) bond motifs is 1. The lowest BCUT2D eigenvalue weighted by atomic mass is 9.66. The highest BCUT2D eigenvalue weighted by molar-refractivity contribution is 5.77. The van der Waals surface area contributed by atoms with Crippen molar-refractivity contribution >= 4 is 6.03 Å². The Hall–Kier alpha value is -2.54. The van der Waals surface area contributed by atoms with Gasteiger partial charge in [0.15, 0.2) is 0 Å². The molecule has 7 heteroatoms. The molecular weight excluding hydrogens is 367 g/mol. The van der Waals surface area contributed by atoms with Crippen LogP contribution in [-0.4, -0.2) is 43.5 Å². The van der Waals surface area contributed by atoms with E-state index in [1.54, 1.807) is 6.07 Å². The summed E-state index contributed by atoms with van der Waals surface area (Å²) in [7, 11) is 1.49. The smallest absolute Gasteiger partial charge is 0.318 e. The van der Waals surface area contributed by atoms with Gasteiger partial charge in [-0.05, 0) is 35.2 Å². The Bertz CT molecular complexity index is 887. The van der Waals surface area contributed by atoms with E-state index in [0.717, 1.165) is 5.56 Å². The Morgan fingerprint density at radius 2 is 1.89 bits per heavy atom. The van der Waals surface area contributed by atoms with Crippen LogP contribution in [0.3, 0.4) is 0 Å². The quantitative estimate of drug-likeness (QED) is 0.829. The topological polar surface area (TPSA) is 44.4 Å². The molecule has 2 atom stereocenters. The van der Waals surface area contributed by atoms with Crippen molar-refractivity contribution < 1.29 is 18.0 Å². The molecule has 1 saturated heterocycles. The van der Waals surface area contributed by atoms with Crippen molar-refractivity contribution in [2.75, 3.05) is 26.7 Å². The van der Waals surface area contributed by atoms with Gasteiger partial charge in [0, 0.05) is 20.1 Å². The van der Waals surface area contributed by atoms with Gasteiger partial charge in [0.05, 0.1) is 12.5 Å². The second-order valence-corrected chi connectivity index (χ2v) is 7.33. The van der Waals surface area contributed by atoms with Gasteiger partial charge in [0.2, 0.25) is 0 Å². The van der Waals surface area contributed by atoms with E-state index in [2.05, 4.69) is 10.6 Å². The number of halogens is 3. The van der Waals surface area contributed by atoms with Crippen LogP contribution in [0.25, 0.3) is 0 Å². The zero-order valence-electron chi connectivity index (χ0n) is 15.5. The summed E-state index contributed by atoms with van der Waals surface area (Å²) < 4.78 is 44.0. The molecule has 2 aromatic carbocycles. The molecule has 0 aliphatic carbocycles. The first-order valence-corrected chi connectivity index (χ1v) is 9.33. The zero-order valence-corrected chi connectivity index (χ0v) is 15.5. The highest BCUT2D eigenvalue weighted by Crippen LogP contribution is 2.52. The predicted molar refractivity (Wildman–Crippen MR) is 99.8 cm³/mol. The minimum absolute atomic E-state index is 0.0478. The third kappa shape index (κ3) is 2.68. The second-order valence-electron chi connectivity index (χ2n) is 7.33. The summed E-state index contributed by atoms with van der Waals surface area (Å²) in [6, 6.07) is 12.5. The maximum Gasteiger partial charge on any atom is 0.318 e. The third-order valence-electron chi connectivity index (χ3n) is 5.93. The molecule has 4 nitrogen and oxygen atoms in total. The summed E-state index contributed by atoms with van der Waals surface area (Å²) in [5.74, 6) is -4.68. The van der Waals surface area contributed by atoms with Gasteiger partial charge in [0.25, 0.3) is 5.92 Å². The van der Waals surface area contributed by atoms with Gasteiger partial charge in [-0.3, -0.25) is 0 Å². The number of carbonyl (C=O) groups is 1. The van der Waals surface area contributed by atoms with Crippen LogP contribution < -0.4 is 10.6 Å². The molecule has 0 aromatic heterocycles. The standard InChI is InChI=1S/C21H22F3N3O/c1-25-19(28)27-11-10-14-4-2-3-5-17(14)21(27,15-6-8-16(22)9-7-15)18-12-26-13-20(18,23)24/h2-9,18,26H,10-13H2,1H3,(H,25,28)/t18-,21?/m0/s1. The van der Waals surface area contributed by atoms with Gasteiger partial charge >= 0.3 is 6.03 Å². The van der Waals surface area contributed by atoms with Crippen molar-refractivity contribution in [2.24, 2.45) is 5.92 Å². The summed E-state index contributed by atoms with van der Waals surface area (Å²) in [5, 5.41) is 5.39. The largest absolute Gasteiger partial charge is 0.341 e. The van der Waals surface area contributed by atoms with Crippen molar-refractivity contribution in [3.8, 4) is 0 Å². The highest BCUT2D eigenvalue weighted by atomic mass is 19.3. The first kappa shape index (κ1) is 18.8. The molecule has 2 aliphatic rings. The molecule has 0 bridgehead atoms. The van der Waals surface area contributed by atoms with Crippen LogP contribution in [0.15, 0.2) is 48.5 Å². The van der Waals surface area contributed by atoms with Crippen molar-refractivity contribution in [2.45, 2.75) is 17.9 Å². The summed E-state index contributed by atoms with van der Waals surface area (Å²) in [4.78, 5) is 14.4. The fraction of sp³-hybridized carbons (Fsp3) is 0.381. The van der Waals surface area contributed by atoms with Gasteiger partial charge in [-0.1, -0.05) is 36.4 Å². The maximum atomic E-state index is 15.1.